The van der Waals surface area contributed by atoms with Gasteiger partial charge in [-0.3, -0.25) is 0 Å². The molecule has 0 aliphatic rings. The number of para-hydroxylation sites is 1. The summed E-state index contributed by atoms with van der Waals surface area (Å²) in [5.41, 5.74) is 6.94. The summed E-state index contributed by atoms with van der Waals surface area (Å²) in [6.45, 7) is 3.71. The Kier molecular flexibility index (Phi) is 4.29. The van der Waals surface area contributed by atoms with Gasteiger partial charge >= 0.3 is 5.97 Å². The van der Waals surface area contributed by atoms with Crippen LogP contribution >= 0.6 is 0 Å². The highest BCUT2D eigenvalue weighted by Gasteiger charge is 2.37. The molecule has 0 aliphatic carbocycles. The number of ether oxygens (including phenoxy) is 1. The molecule has 2 aromatic rings. The minimum atomic E-state index is -1.57. The van der Waals surface area contributed by atoms with Crippen LogP contribution in [0.1, 0.15) is 16.7 Å². The van der Waals surface area contributed by atoms with Gasteiger partial charge in [0.1, 0.15) is 12.4 Å². The van der Waals surface area contributed by atoms with E-state index in [-0.39, 0.29) is 6.61 Å². The highest BCUT2D eigenvalue weighted by atomic mass is 16.5. The van der Waals surface area contributed by atoms with Crippen molar-refractivity contribution in [2.75, 3.05) is 6.61 Å². The van der Waals surface area contributed by atoms with Gasteiger partial charge in [0.05, 0.1) is 0 Å². The van der Waals surface area contributed by atoms with Gasteiger partial charge in [-0.2, -0.15) is 0 Å². The maximum Gasteiger partial charge on any atom is 0.331 e. The summed E-state index contributed by atoms with van der Waals surface area (Å²) in [4.78, 5) is 11.6. The smallest absolute Gasteiger partial charge is 0.331 e. The number of aryl methyl sites for hydroxylation is 2. The van der Waals surface area contributed by atoms with Gasteiger partial charge in [-0.25, -0.2) is 4.79 Å². The van der Waals surface area contributed by atoms with Crippen LogP contribution in [0, 0.1) is 13.8 Å². The highest BCUT2D eigenvalue weighted by Crippen LogP contribution is 2.26. The molecule has 110 valence electrons. The number of carboxylic acids is 1. The summed E-state index contributed by atoms with van der Waals surface area (Å²) in [5.74, 6) is -0.426. The van der Waals surface area contributed by atoms with E-state index >= 15 is 0 Å². The lowest BCUT2D eigenvalue weighted by molar-refractivity contribution is -0.145. The predicted octanol–water partition coefficient (Wildman–Crippen LogP) is 2.62. The van der Waals surface area contributed by atoms with Crippen LogP contribution < -0.4 is 10.5 Å². The third kappa shape index (κ3) is 3.06. The Morgan fingerprint density at radius 2 is 1.67 bits per heavy atom. The topological polar surface area (TPSA) is 72.5 Å². The second-order valence-corrected chi connectivity index (χ2v) is 5.15. The zero-order valence-corrected chi connectivity index (χ0v) is 12.2. The largest absolute Gasteiger partial charge is 0.490 e. The summed E-state index contributed by atoms with van der Waals surface area (Å²) in [5, 5.41) is 9.50. The van der Waals surface area contributed by atoms with E-state index in [1.165, 1.54) is 0 Å². The van der Waals surface area contributed by atoms with Crippen molar-refractivity contribution >= 4 is 5.97 Å². The first-order chi connectivity index (χ1) is 9.95. The van der Waals surface area contributed by atoms with E-state index in [1.807, 2.05) is 38.1 Å². The van der Waals surface area contributed by atoms with Gasteiger partial charge in [-0.15, -0.1) is 0 Å². The Balaban J connectivity index is 2.28. The third-order valence-electron chi connectivity index (χ3n) is 3.52. The van der Waals surface area contributed by atoms with Gasteiger partial charge in [-0.05, 0) is 30.5 Å². The van der Waals surface area contributed by atoms with Crippen molar-refractivity contribution in [1.82, 2.24) is 0 Å². The van der Waals surface area contributed by atoms with Crippen LogP contribution in [0.5, 0.6) is 5.75 Å². The maximum absolute atomic E-state index is 11.6. The molecule has 0 fully saturated rings. The van der Waals surface area contributed by atoms with E-state index < -0.39 is 11.5 Å². The van der Waals surface area contributed by atoms with Crippen molar-refractivity contribution in [2.24, 2.45) is 5.73 Å². The molecule has 0 radical (unpaired) electrons. The molecule has 0 bridgehead atoms. The van der Waals surface area contributed by atoms with Crippen molar-refractivity contribution in [3.8, 4) is 5.75 Å². The van der Waals surface area contributed by atoms with E-state index in [2.05, 4.69) is 0 Å². The van der Waals surface area contributed by atoms with Crippen LogP contribution in [-0.2, 0) is 10.3 Å². The first-order valence-corrected chi connectivity index (χ1v) is 6.72. The minimum Gasteiger partial charge on any atom is -0.490 e. The van der Waals surface area contributed by atoms with Crippen LogP contribution in [-0.4, -0.2) is 17.7 Å². The van der Waals surface area contributed by atoms with Gasteiger partial charge in [-0.1, -0.05) is 48.5 Å². The fourth-order valence-corrected chi connectivity index (χ4v) is 2.22. The second kappa shape index (κ2) is 5.97. The molecule has 0 aliphatic heterocycles. The lowest BCUT2D eigenvalue weighted by atomic mass is 9.92. The van der Waals surface area contributed by atoms with Gasteiger partial charge in [0.2, 0.25) is 0 Å². The zero-order chi connectivity index (χ0) is 15.5. The zero-order valence-electron chi connectivity index (χ0n) is 12.2. The normalized spacial score (nSPS) is 13.5. The van der Waals surface area contributed by atoms with Crippen LogP contribution in [0.3, 0.4) is 0 Å². The fraction of sp³-hybridized carbons (Fsp3) is 0.235. The van der Waals surface area contributed by atoms with Crippen molar-refractivity contribution in [1.29, 1.82) is 0 Å². The first kappa shape index (κ1) is 15.1. The number of carbonyl (C=O) groups is 1. The second-order valence-electron chi connectivity index (χ2n) is 5.15. The molecule has 3 N–H and O–H groups in total. The van der Waals surface area contributed by atoms with Crippen molar-refractivity contribution < 1.29 is 14.6 Å². The van der Waals surface area contributed by atoms with Crippen LogP contribution in [0.25, 0.3) is 0 Å². The molecule has 4 heteroatoms. The van der Waals surface area contributed by atoms with Crippen LogP contribution in [0.2, 0.25) is 0 Å². The molecule has 0 saturated heterocycles. The average Bonchev–Trinajstić information content (AvgIpc) is 2.47. The molecule has 4 nitrogen and oxygen atoms in total. The Morgan fingerprint density at radius 3 is 2.19 bits per heavy atom. The summed E-state index contributed by atoms with van der Waals surface area (Å²) in [6, 6.07) is 14.5. The molecule has 2 rings (SSSR count). The highest BCUT2D eigenvalue weighted by molar-refractivity contribution is 5.80. The van der Waals surface area contributed by atoms with Gasteiger partial charge < -0.3 is 15.6 Å². The number of rotatable bonds is 5. The molecule has 0 heterocycles. The van der Waals surface area contributed by atoms with E-state index in [9.17, 15) is 9.90 Å². The molecule has 1 atom stereocenters. The van der Waals surface area contributed by atoms with E-state index in [4.69, 9.17) is 10.5 Å². The first-order valence-electron chi connectivity index (χ1n) is 6.72. The predicted molar refractivity (Wildman–Crippen MR) is 81.4 cm³/mol. The van der Waals surface area contributed by atoms with Gasteiger partial charge in [0, 0.05) is 0 Å². The number of carboxylic acid groups (broad SMARTS) is 1. The maximum atomic E-state index is 11.6. The van der Waals surface area contributed by atoms with Crippen molar-refractivity contribution in [3.05, 3.63) is 65.2 Å². The van der Waals surface area contributed by atoms with Crippen molar-refractivity contribution in [3.63, 3.8) is 0 Å². The number of nitrogens with two attached hydrogens (primary N) is 1. The Bertz CT molecular complexity index is 619. The number of benzene rings is 2. The lowest BCUT2D eigenvalue weighted by Gasteiger charge is -2.26. The number of hydrogen-bond donors (Lipinski definition) is 2. The molecule has 0 saturated carbocycles. The summed E-state index contributed by atoms with van der Waals surface area (Å²) in [7, 11) is 0. The molecule has 0 amide bonds. The van der Waals surface area contributed by atoms with Gasteiger partial charge in [0.25, 0.3) is 0 Å². The van der Waals surface area contributed by atoms with Crippen LogP contribution in [0.15, 0.2) is 48.5 Å². The summed E-state index contributed by atoms with van der Waals surface area (Å²) < 4.78 is 5.74. The molecular formula is C17H19NO3. The minimum absolute atomic E-state index is 0.127. The van der Waals surface area contributed by atoms with Gasteiger partial charge in [0.15, 0.2) is 5.54 Å². The molecule has 2 aromatic carbocycles. The Morgan fingerprint density at radius 1 is 1.10 bits per heavy atom. The van der Waals surface area contributed by atoms with E-state index in [0.717, 1.165) is 11.1 Å². The molecule has 0 aromatic heterocycles. The van der Waals surface area contributed by atoms with Crippen molar-refractivity contribution in [2.45, 2.75) is 19.4 Å². The monoisotopic (exact) mass is 285 g/mol. The Hall–Kier alpha value is -2.33. The quantitative estimate of drug-likeness (QED) is 0.885. The number of hydrogen-bond acceptors (Lipinski definition) is 3. The fourth-order valence-electron chi connectivity index (χ4n) is 2.22. The Labute approximate surface area is 124 Å². The van der Waals surface area contributed by atoms with Crippen LogP contribution in [0.4, 0.5) is 0 Å². The average molecular weight is 285 g/mol. The standard InChI is InChI=1S/C17H19NO3/c1-12-7-6-8-13(2)15(12)21-11-17(18,16(19)20)14-9-4-3-5-10-14/h3-10H,11,18H2,1-2H3,(H,19,20). The lowest BCUT2D eigenvalue weighted by Crippen LogP contribution is -2.49. The molecule has 0 spiro atoms. The summed E-state index contributed by atoms with van der Waals surface area (Å²) >= 11 is 0. The SMILES string of the molecule is Cc1cccc(C)c1OCC(N)(C(=O)O)c1ccccc1. The van der Waals surface area contributed by atoms with E-state index in [0.29, 0.717) is 11.3 Å². The summed E-state index contributed by atoms with van der Waals surface area (Å²) in [6.07, 6.45) is 0. The molecular weight excluding hydrogens is 266 g/mol. The molecule has 1 unspecified atom stereocenters. The molecule has 21 heavy (non-hydrogen) atoms. The van der Waals surface area contributed by atoms with E-state index in [1.54, 1.807) is 24.3 Å². The number of aliphatic carboxylic acids is 1. The third-order valence-corrected chi connectivity index (χ3v) is 3.52.